The molecule has 1 spiro atoms. The molecule has 0 saturated carbocycles. The second kappa shape index (κ2) is 6.02. The average Bonchev–Trinajstić information content (AvgIpc) is 2.89. The highest BCUT2D eigenvalue weighted by molar-refractivity contribution is 6.30. The van der Waals surface area contributed by atoms with Gasteiger partial charge in [0.2, 0.25) is 0 Å². The largest absolute Gasteiger partial charge is 0.378 e. The zero-order valence-electron chi connectivity index (χ0n) is 11.7. The molecular weight excluding hydrogens is 274 g/mol. The van der Waals surface area contributed by atoms with Crippen molar-refractivity contribution in [2.75, 3.05) is 19.8 Å². The van der Waals surface area contributed by atoms with Crippen LogP contribution in [0.2, 0.25) is 5.02 Å². The van der Waals surface area contributed by atoms with Crippen LogP contribution in [0.5, 0.6) is 0 Å². The Balaban J connectivity index is 1.61. The van der Waals surface area contributed by atoms with Crippen LogP contribution in [0, 0.1) is 5.92 Å². The van der Waals surface area contributed by atoms with Crippen molar-refractivity contribution in [3.05, 3.63) is 34.9 Å². The minimum Gasteiger partial charge on any atom is -0.378 e. The lowest BCUT2D eigenvalue weighted by Crippen LogP contribution is -2.46. The lowest BCUT2D eigenvalue weighted by Gasteiger charge is -2.39. The molecule has 110 valence electrons. The van der Waals surface area contributed by atoms with E-state index in [2.05, 4.69) is 12.1 Å². The number of nitrogens with two attached hydrogens (primary N) is 1. The lowest BCUT2D eigenvalue weighted by molar-refractivity contribution is -0.101. The van der Waals surface area contributed by atoms with Crippen LogP contribution in [0.25, 0.3) is 0 Å². The van der Waals surface area contributed by atoms with Gasteiger partial charge in [0.15, 0.2) is 0 Å². The molecule has 2 fully saturated rings. The summed E-state index contributed by atoms with van der Waals surface area (Å²) in [6.07, 6.45) is 3.99. The quantitative estimate of drug-likeness (QED) is 0.932. The van der Waals surface area contributed by atoms with Gasteiger partial charge in [-0.25, -0.2) is 0 Å². The molecule has 3 nitrogen and oxygen atoms in total. The molecule has 1 aromatic rings. The minimum atomic E-state index is -0.0550. The smallest absolute Gasteiger partial charge is 0.0939 e. The summed E-state index contributed by atoms with van der Waals surface area (Å²) in [5, 5.41) is 0.774. The first-order valence-electron chi connectivity index (χ1n) is 7.39. The maximum absolute atomic E-state index is 6.44. The Morgan fingerprint density at radius 3 is 2.80 bits per heavy atom. The molecule has 20 heavy (non-hydrogen) atoms. The predicted octanol–water partition coefficient (Wildman–Crippen LogP) is 2.80. The predicted molar refractivity (Wildman–Crippen MR) is 80.0 cm³/mol. The molecule has 2 heterocycles. The Hall–Kier alpha value is -0.610. The first-order valence-corrected chi connectivity index (χ1v) is 7.76. The molecule has 2 N–H and O–H groups in total. The summed E-state index contributed by atoms with van der Waals surface area (Å²) in [6.45, 7) is 2.36. The molecule has 4 heteroatoms. The van der Waals surface area contributed by atoms with Crippen LogP contribution in [-0.4, -0.2) is 31.5 Å². The second-order valence-corrected chi connectivity index (χ2v) is 6.52. The fourth-order valence-electron chi connectivity index (χ4n) is 3.35. The highest BCUT2D eigenvalue weighted by Gasteiger charge is 2.42. The molecule has 3 unspecified atom stereocenters. The molecule has 0 aromatic heterocycles. The van der Waals surface area contributed by atoms with Crippen LogP contribution in [0.4, 0.5) is 0 Å². The molecule has 2 saturated heterocycles. The van der Waals surface area contributed by atoms with Crippen LogP contribution in [0.15, 0.2) is 24.3 Å². The first kappa shape index (κ1) is 14.3. The molecular formula is C16H22ClNO2. The molecule has 3 atom stereocenters. The van der Waals surface area contributed by atoms with Crippen LogP contribution in [0.3, 0.4) is 0 Å². The zero-order chi connectivity index (χ0) is 14.0. The van der Waals surface area contributed by atoms with Crippen molar-refractivity contribution in [3.8, 4) is 0 Å². The summed E-state index contributed by atoms with van der Waals surface area (Å²) < 4.78 is 11.5. The van der Waals surface area contributed by atoms with Crippen LogP contribution < -0.4 is 5.73 Å². The number of halogens is 1. The van der Waals surface area contributed by atoms with Gasteiger partial charge in [-0.15, -0.1) is 0 Å². The molecule has 0 amide bonds. The maximum Gasteiger partial charge on any atom is 0.0939 e. The Morgan fingerprint density at radius 2 is 2.10 bits per heavy atom. The van der Waals surface area contributed by atoms with Crippen LogP contribution in [0.1, 0.15) is 24.8 Å². The molecule has 0 radical (unpaired) electrons. The van der Waals surface area contributed by atoms with E-state index in [0.717, 1.165) is 50.5 Å². The fourth-order valence-corrected chi connectivity index (χ4v) is 3.48. The van der Waals surface area contributed by atoms with E-state index in [1.165, 1.54) is 5.56 Å². The highest BCUT2D eigenvalue weighted by Crippen LogP contribution is 2.37. The Bertz CT molecular complexity index is 442. The third kappa shape index (κ3) is 3.17. The average molecular weight is 296 g/mol. The maximum atomic E-state index is 6.44. The molecule has 0 aliphatic carbocycles. The summed E-state index contributed by atoms with van der Waals surface area (Å²) >= 11 is 5.92. The summed E-state index contributed by atoms with van der Waals surface area (Å²) in [5.41, 5.74) is 7.64. The topological polar surface area (TPSA) is 44.5 Å². The molecule has 1 aromatic carbocycles. The van der Waals surface area contributed by atoms with Crippen molar-refractivity contribution in [2.24, 2.45) is 11.7 Å². The molecule has 2 aliphatic heterocycles. The SMILES string of the molecule is NC(Cc1ccc(Cl)cc1)C1CCOC2(CCOC2)C1. The number of hydrogen-bond donors (Lipinski definition) is 1. The number of rotatable bonds is 3. The van der Waals surface area contributed by atoms with Gasteiger partial charge in [0.1, 0.15) is 0 Å². The lowest BCUT2D eigenvalue weighted by atomic mass is 9.80. The number of ether oxygens (including phenoxy) is 2. The fraction of sp³-hybridized carbons (Fsp3) is 0.625. The van der Waals surface area contributed by atoms with E-state index in [4.69, 9.17) is 26.8 Å². The third-order valence-corrected chi connectivity index (χ3v) is 4.84. The van der Waals surface area contributed by atoms with Crippen LogP contribution in [-0.2, 0) is 15.9 Å². The number of benzene rings is 1. The van der Waals surface area contributed by atoms with Gasteiger partial charge in [-0.3, -0.25) is 0 Å². The van der Waals surface area contributed by atoms with Crippen molar-refractivity contribution in [1.29, 1.82) is 0 Å². The Kier molecular flexibility index (Phi) is 4.32. The van der Waals surface area contributed by atoms with Crippen LogP contribution >= 0.6 is 11.6 Å². The van der Waals surface area contributed by atoms with Crippen molar-refractivity contribution >= 4 is 11.6 Å². The summed E-state index contributed by atoms with van der Waals surface area (Å²) in [6, 6.07) is 8.17. The Morgan fingerprint density at radius 1 is 1.30 bits per heavy atom. The van der Waals surface area contributed by atoms with Crippen molar-refractivity contribution < 1.29 is 9.47 Å². The third-order valence-electron chi connectivity index (χ3n) is 4.59. The van der Waals surface area contributed by atoms with E-state index in [1.54, 1.807) is 0 Å². The standard InChI is InChI=1S/C16H22ClNO2/c17-14-3-1-12(2-4-14)9-15(18)13-5-7-20-16(10-13)6-8-19-11-16/h1-4,13,15H,5-11,18H2. The zero-order valence-corrected chi connectivity index (χ0v) is 12.4. The van der Waals surface area contributed by atoms with Gasteiger partial charge in [0, 0.05) is 30.7 Å². The van der Waals surface area contributed by atoms with Gasteiger partial charge in [0.25, 0.3) is 0 Å². The molecule has 3 rings (SSSR count). The normalized spacial score (nSPS) is 31.6. The van der Waals surface area contributed by atoms with Gasteiger partial charge in [0.05, 0.1) is 12.2 Å². The summed E-state index contributed by atoms with van der Waals surface area (Å²) in [7, 11) is 0. The summed E-state index contributed by atoms with van der Waals surface area (Å²) in [4.78, 5) is 0. The molecule has 0 bridgehead atoms. The minimum absolute atomic E-state index is 0.0550. The van der Waals surface area contributed by atoms with Crippen molar-refractivity contribution in [1.82, 2.24) is 0 Å². The van der Waals surface area contributed by atoms with Crippen molar-refractivity contribution in [2.45, 2.75) is 37.3 Å². The monoisotopic (exact) mass is 295 g/mol. The van der Waals surface area contributed by atoms with E-state index in [0.29, 0.717) is 5.92 Å². The van der Waals surface area contributed by atoms with Gasteiger partial charge in [-0.1, -0.05) is 23.7 Å². The van der Waals surface area contributed by atoms with Gasteiger partial charge in [-0.2, -0.15) is 0 Å². The number of hydrogen-bond acceptors (Lipinski definition) is 3. The van der Waals surface area contributed by atoms with E-state index >= 15 is 0 Å². The highest BCUT2D eigenvalue weighted by atomic mass is 35.5. The van der Waals surface area contributed by atoms with E-state index < -0.39 is 0 Å². The van der Waals surface area contributed by atoms with E-state index in [1.807, 2.05) is 12.1 Å². The Labute approximate surface area is 125 Å². The van der Waals surface area contributed by atoms with E-state index in [-0.39, 0.29) is 11.6 Å². The van der Waals surface area contributed by atoms with Gasteiger partial charge < -0.3 is 15.2 Å². The molecule has 2 aliphatic rings. The van der Waals surface area contributed by atoms with E-state index in [9.17, 15) is 0 Å². The van der Waals surface area contributed by atoms with Gasteiger partial charge >= 0.3 is 0 Å². The second-order valence-electron chi connectivity index (χ2n) is 6.08. The first-order chi connectivity index (χ1) is 9.67. The van der Waals surface area contributed by atoms with Gasteiger partial charge in [-0.05, 0) is 42.9 Å². The van der Waals surface area contributed by atoms with Crippen molar-refractivity contribution in [3.63, 3.8) is 0 Å². The summed E-state index contributed by atoms with van der Waals surface area (Å²) in [5.74, 6) is 0.515.